The summed E-state index contributed by atoms with van der Waals surface area (Å²) >= 11 is 0. The maximum atomic E-state index is 11.0. The van der Waals surface area contributed by atoms with Gasteiger partial charge in [0.05, 0.1) is 12.3 Å². The summed E-state index contributed by atoms with van der Waals surface area (Å²) in [7, 11) is 0. The van der Waals surface area contributed by atoms with Gasteiger partial charge in [-0.1, -0.05) is 0 Å². The van der Waals surface area contributed by atoms with Crippen LogP contribution in [0, 0.1) is 10.1 Å². The first kappa shape index (κ1) is 11.9. The highest BCUT2D eigenvalue weighted by molar-refractivity contribution is 5.74. The molecule has 0 bridgehead atoms. The number of nitrogens with zero attached hydrogens (tertiary/aromatic N) is 2. The summed E-state index contributed by atoms with van der Waals surface area (Å²) in [4.78, 5) is 24.3. The molecule has 0 aliphatic rings. The van der Waals surface area contributed by atoms with E-state index in [0.29, 0.717) is 12.3 Å². The highest BCUT2D eigenvalue weighted by Crippen LogP contribution is 2.10. The van der Waals surface area contributed by atoms with Gasteiger partial charge in [0.2, 0.25) is 0 Å². The minimum atomic E-state index is -0.588. The maximum absolute atomic E-state index is 11.0. The van der Waals surface area contributed by atoms with Crippen molar-refractivity contribution in [3.8, 4) is 0 Å². The van der Waals surface area contributed by atoms with Crippen molar-refractivity contribution in [2.75, 3.05) is 18.5 Å². The molecule has 7 heteroatoms. The van der Waals surface area contributed by atoms with E-state index < -0.39 is 4.92 Å². The van der Waals surface area contributed by atoms with Crippen molar-refractivity contribution in [1.82, 2.24) is 4.98 Å². The van der Waals surface area contributed by atoms with E-state index in [1.165, 1.54) is 18.3 Å². The molecule has 0 aliphatic heterocycles. The molecule has 1 rings (SSSR count). The number of ether oxygens (including phenoxy) is 1. The Morgan fingerprint density at radius 1 is 1.62 bits per heavy atom. The molecule has 86 valence electrons. The van der Waals surface area contributed by atoms with Gasteiger partial charge in [-0.05, 0) is 22.9 Å². The Labute approximate surface area is 91.6 Å². The average molecular weight is 225 g/mol. The molecule has 1 aromatic rings. The summed E-state index contributed by atoms with van der Waals surface area (Å²) in [6.45, 7) is 2.04. The zero-order valence-corrected chi connectivity index (χ0v) is 8.67. The van der Waals surface area contributed by atoms with E-state index in [9.17, 15) is 14.9 Å². The fraction of sp³-hybridized carbons (Fsp3) is 0.333. The Morgan fingerprint density at radius 2 is 2.38 bits per heavy atom. The molecular weight excluding hydrogens is 214 g/mol. The zero-order chi connectivity index (χ0) is 12.0. The molecule has 1 aromatic heterocycles. The van der Waals surface area contributed by atoms with Crippen molar-refractivity contribution in [2.45, 2.75) is 6.92 Å². The van der Waals surface area contributed by atoms with Crippen LogP contribution in [0.3, 0.4) is 0 Å². The Hall–Kier alpha value is -2.18. The van der Waals surface area contributed by atoms with Gasteiger partial charge in [-0.3, -0.25) is 4.79 Å². The van der Waals surface area contributed by atoms with Crippen LogP contribution in [-0.4, -0.2) is 29.0 Å². The number of rotatable bonds is 5. The quantitative estimate of drug-likeness (QED) is 0.455. The molecule has 0 spiro atoms. The number of nitro groups is 1. The van der Waals surface area contributed by atoms with Crippen LogP contribution in [0.5, 0.6) is 0 Å². The lowest BCUT2D eigenvalue weighted by atomic mass is 10.4. The van der Waals surface area contributed by atoms with Crippen molar-refractivity contribution in [1.29, 1.82) is 0 Å². The van der Waals surface area contributed by atoms with E-state index >= 15 is 0 Å². The number of aromatic nitrogens is 1. The third-order valence-electron chi connectivity index (χ3n) is 1.68. The van der Waals surface area contributed by atoms with Gasteiger partial charge in [-0.15, -0.1) is 0 Å². The molecule has 0 amide bonds. The van der Waals surface area contributed by atoms with Crippen molar-refractivity contribution >= 4 is 17.5 Å². The summed E-state index contributed by atoms with van der Waals surface area (Å²) in [6, 6.07) is 2.73. The smallest absolute Gasteiger partial charge is 0.363 e. The molecule has 16 heavy (non-hydrogen) atoms. The molecule has 0 radical (unpaired) electrons. The fourth-order valence-electron chi connectivity index (χ4n) is 0.985. The largest absolute Gasteiger partial charge is 0.465 e. The van der Waals surface area contributed by atoms with Crippen molar-refractivity contribution in [3.05, 3.63) is 28.4 Å². The van der Waals surface area contributed by atoms with Gasteiger partial charge >= 0.3 is 11.8 Å². The van der Waals surface area contributed by atoms with Gasteiger partial charge in [0.15, 0.2) is 6.20 Å². The van der Waals surface area contributed by atoms with Gasteiger partial charge in [-0.2, -0.15) is 0 Å². The SMILES string of the molecule is CCOC(=O)CNc1ccc([N+](=O)[O-])nc1. The predicted molar refractivity (Wildman–Crippen MR) is 56.0 cm³/mol. The Bertz CT molecular complexity index is 377. The summed E-state index contributed by atoms with van der Waals surface area (Å²) in [5.74, 6) is -0.623. The number of carbonyl (C=O) groups is 1. The lowest BCUT2D eigenvalue weighted by Gasteiger charge is -2.03. The van der Waals surface area contributed by atoms with E-state index in [-0.39, 0.29) is 18.3 Å². The molecule has 0 saturated carbocycles. The number of hydrogen-bond donors (Lipinski definition) is 1. The van der Waals surface area contributed by atoms with Gasteiger partial charge < -0.3 is 20.2 Å². The Balaban J connectivity index is 2.49. The fourth-order valence-corrected chi connectivity index (χ4v) is 0.985. The van der Waals surface area contributed by atoms with Crippen LogP contribution in [0.25, 0.3) is 0 Å². The summed E-state index contributed by atoms with van der Waals surface area (Å²) in [6.07, 6.45) is 1.29. The van der Waals surface area contributed by atoms with Gasteiger partial charge in [0.1, 0.15) is 6.54 Å². The summed E-state index contributed by atoms with van der Waals surface area (Å²) in [5, 5.41) is 13.0. The summed E-state index contributed by atoms with van der Waals surface area (Å²) in [5.41, 5.74) is 0.527. The van der Waals surface area contributed by atoms with Crippen LogP contribution in [-0.2, 0) is 9.53 Å². The normalized spacial score (nSPS) is 9.56. The maximum Gasteiger partial charge on any atom is 0.363 e. The highest BCUT2D eigenvalue weighted by atomic mass is 16.6. The molecule has 1 heterocycles. The molecule has 0 unspecified atom stereocenters. The van der Waals surface area contributed by atoms with Crippen LogP contribution in [0.2, 0.25) is 0 Å². The van der Waals surface area contributed by atoms with E-state index in [1.807, 2.05) is 0 Å². The number of hydrogen-bond acceptors (Lipinski definition) is 6. The number of esters is 1. The van der Waals surface area contributed by atoms with Gasteiger partial charge in [0.25, 0.3) is 0 Å². The van der Waals surface area contributed by atoms with Gasteiger partial charge in [-0.25, -0.2) is 0 Å². The van der Waals surface area contributed by atoms with E-state index in [4.69, 9.17) is 4.74 Å². The number of pyridine rings is 1. The molecular formula is C9H11N3O4. The van der Waals surface area contributed by atoms with Crippen LogP contribution < -0.4 is 5.32 Å². The first-order chi connectivity index (χ1) is 7.63. The number of anilines is 1. The topological polar surface area (TPSA) is 94.4 Å². The average Bonchev–Trinajstić information content (AvgIpc) is 2.27. The Morgan fingerprint density at radius 3 is 2.88 bits per heavy atom. The standard InChI is InChI=1S/C9H11N3O4/c1-2-16-9(13)6-10-7-3-4-8(11-5-7)12(14)15/h3-5,10H,2,6H2,1H3. The first-order valence-corrected chi connectivity index (χ1v) is 4.63. The minimum absolute atomic E-state index is 0.00727. The van der Waals surface area contributed by atoms with E-state index in [2.05, 4.69) is 10.3 Å². The Kier molecular flexibility index (Phi) is 4.19. The second kappa shape index (κ2) is 5.64. The van der Waals surface area contributed by atoms with Crippen molar-refractivity contribution < 1.29 is 14.5 Å². The molecule has 0 atom stereocenters. The number of nitrogens with one attached hydrogen (secondary N) is 1. The molecule has 7 nitrogen and oxygen atoms in total. The second-order valence-corrected chi connectivity index (χ2v) is 2.82. The zero-order valence-electron chi connectivity index (χ0n) is 8.67. The molecule has 0 aliphatic carbocycles. The van der Waals surface area contributed by atoms with Crippen LogP contribution >= 0.6 is 0 Å². The van der Waals surface area contributed by atoms with Crippen molar-refractivity contribution in [3.63, 3.8) is 0 Å². The molecule has 0 fully saturated rings. The predicted octanol–water partition coefficient (Wildman–Crippen LogP) is 0.965. The first-order valence-electron chi connectivity index (χ1n) is 4.63. The minimum Gasteiger partial charge on any atom is -0.465 e. The highest BCUT2D eigenvalue weighted by Gasteiger charge is 2.07. The molecule has 0 saturated heterocycles. The van der Waals surface area contributed by atoms with Gasteiger partial charge in [0, 0.05) is 6.07 Å². The van der Waals surface area contributed by atoms with E-state index in [1.54, 1.807) is 6.92 Å². The second-order valence-electron chi connectivity index (χ2n) is 2.82. The molecule has 0 aromatic carbocycles. The van der Waals surface area contributed by atoms with Crippen LogP contribution in [0.4, 0.5) is 11.5 Å². The molecule has 1 N–H and O–H groups in total. The van der Waals surface area contributed by atoms with Crippen LogP contribution in [0.15, 0.2) is 18.3 Å². The lowest BCUT2D eigenvalue weighted by molar-refractivity contribution is -0.389. The number of carbonyl (C=O) groups excluding carboxylic acids is 1. The monoisotopic (exact) mass is 225 g/mol. The third kappa shape index (κ3) is 3.52. The third-order valence-corrected chi connectivity index (χ3v) is 1.68. The van der Waals surface area contributed by atoms with Crippen LogP contribution in [0.1, 0.15) is 6.92 Å². The van der Waals surface area contributed by atoms with E-state index in [0.717, 1.165) is 0 Å². The van der Waals surface area contributed by atoms with Crippen molar-refractivity contribution in [2.24, 2.45) is 0 Å². The summed E-state index contributed by atoms with van der Waals surface area (Å²) < 4.78 is 4.70. The lowest BCUT2D eigenvalue weighted by Crippen LogP contribution is -2.16.